The van der Waals surface area contributed by atoms with Crippen LogP contribution in [0.3, 0.4) is 0 Å². The molecule has 0 bridgehead atoms. The maximum absolute atomic E-state index is 13.4. The fourth-order valence-electron chi connectivity index (χ4n) is 4.60. The smallest absolute Gasteiger partial charge is 0.423 e. The number of carbonyl (C=O) groups is 2. The van der Waals surface area contributed by atoms with Crippen molar-refractivity contribution in [3.63, 3.8) is 0 Å². The normalized spacial score (nSPS) is 12.1. The van der Waals surface area contributed by atoms with E-state index in [0.717, 1.165) is 43.0 Å². The first-order valence-electron chi connectivity index (χ1n) is 14.7. The molecule has 5 rings (SSSR count). The predicted octanol–water partition coefficient (Wildman–Crippen LogP) is 7.17. The number of pyridine rings is 2. The van der Waals surface area contributed by atoms with Crippen LogP contribution in [0, 0.1) is 0 Å². The number of sulfonamides is 2. The maximum atomic E-state index is 13.4. The van der Waals surface area contributed by atoms with Crippen molar-refractivity contribution in [2.45, 2.75) is 22.5 Å². The Kier molecular flexibility index (Phi) is 11.6. The number of nitrogens with two attached hydrogens (primary N) is 1. The van der Waals surface area contributed by atoms with Crippen LogP contribution < -0.4 is 29.4 Å². The Morgan fingerprint density at radius 3 is 1.73 bits per heavy atom. The van der Waals surface area contributed by atoms with Gasteiger partial charge in [-0.1, -0.05) is 35.3 Å². The zero-order valence-electron chi connectivity index (χ0n) is 27.1. The molecular weight excluding hydrogens is 847 g/mol. The van der Waals surface area contributed by atoms with Crippen molar-refractivity contribution in [3.05, 3.63) is 113 Å². The van der Waals surface area contributed by atoms with Crippen molar-refractivity contribution in [1.29, 1.82) is 0 Å². The van der Waals surface area contributed by atoms with Gasteiger partial charge in [-0.05, 0) is 60.2 Å². The Bertz CT molecular complexity index is 2560. The number of esters is 1. The molecule has 2 heterocycles. The van der Waals surface area contributed by atoms with Gasteiger partial charge in [0, 0.05) is 23.0 Å². The molecule has 0 saturated heterocycles. The highest BCUT2D eigenvalue weighted by molar-refractivity contribution is 7.93. The largest absolute Gasteiger partial charge is 0.573 e. The summed E-state index contributed by atoms with van der Waals surface area (Å²) in [4.78, 5) is 29.8. The van der Waals surface area contributed by atoms with Gasteiger partial charge < -0.3 is 19.9 Å². The molecule has 24 heteroatoms. The zero-order chi connectivity index (χ0) is 41.2. The lowest BCUT2D eigenvalue weighted by Crippen LogP contribution is -2.21. The minimum absolute atomic E-state index is 0.0880. The van der Waals surface area contributed by atoms with E-state index in [1.165, 1.54) is 24.3 Å². The van der Waals surface area contributed by atoms with Crippen molar-refractivity contribution < 1.29 is 67.0 Å². The van der Waals surface area contributed by atoms with Crippen molar-refractivity contribution >= 4 is 66.5 Å². The third kappa shape index (κ3) is 10.5. The fourth-order valence-corrected chi connectivity index (χ4v) is 7.53. The third-order valence-electron chi connectivity index (χ3n) is 6.85. The minimum atomic E-state index is -5.37. The summed E-state index contributed by atoms with van der Waals surface area (Å²) in [5, 5.41) is -0.603. The highest BCUT2D eigenvalue weighted by Gasteiger charge is 2.36. The minimum Gasteiger partial charge on any atom is -0.423 e. The van der Waals surface area contributed by atoms with Gasteiger partial charge in [0.05, 0.1) is 39.9 Å². The highest BCUT2D eigenvalue weighted by Crippen LogP contribution is 2.40. The Labute approximate surface area is 321 Å². The summed E-state index contributed by atoms with van der Waals surface area (Å²) in [7, 11) is -9.68. The quantitative estimate of drug-likeness (QED) is 0.0651. The maximum Gasteiger partial charge on any atom is 0.573 e. The van der Waals surface area contributed by atoms with E-state index in [9.17, 15) is 52.8 Å². The number of primary amides is 1. The second-order valence-corrected chi connectivity index (χ2v) is 15.0. The van der Waals surface area contributed by atoms with Gasteiger partial charge in [0.2, 0.25) is 5.91 Å². The molecule has 0 spiro atoms. The van der Waals surface area contributed by atoms with Crippen LogP contribution in [-0.2, 0) is 20.0 Å². The SMILES string of the molecule is NC(=O)c1cncc(NS(=O)(=O)c2cc(Cl)c(-c3ccc(OC(=O)c4cncc(NS(=O)(=O)c5cc(Cl)ccc5OC(F)(F)F)c4)cc3)cc2OC(F)(F)F)c1. The Morgan fingerprint density at radius 1 is 0.661 bits per heavy atom. The molecule has 0 unspecified atom stereocenters. The molecule has 2 aromatic heterocycles. The van der Waals surface area contributed by atoms with Gasteiger partial charge in [-0.15, -0.1) is 26.3 Å². The number of aromatic nitrogens is 2. The van der Waals surface area contributed by atoms with E-state index in [2.05, 4.69) is 19.4 Å². The summed E-state index contributed by atoms with van der Waals surface area (Å²) in [5.41, 5.74) is 3.85. The number of anilines is 2. The molecule has 0 atom stereocenters. The average molecular weight is 867 g/mol. The molecule has 14 nitrogen and oxygen atoms in total. The molecule has 0 radical (unpaired) electrons. The number of nitrogens with one attached hydrogen (secondary N) is 2. The van der Waals surface area contributed by atoms with E-state index in [1.807, 2.05) is 9.44 Å². The van der Waals surface area contributed by atoms with Crippen molar-refractivity contribution in [2.24, 2.45) is 5.73 Å². The lowest BCUT2D eigenvalue weighted by Gasteiger charge is -2.17. The Hall–Kier alpha value is -5.84. The summed E-state index contributed by atoms with van der Waals surface area (Å²) in [6, 6.07) is 10.5. The molecule has 0 aliphatic carbocycles. The van der Waals surface area contributed by atoms with Crippen LogP contribution in [0.5, 0.6) is 17.2 Å². The first-order chi connectivity index (χ1) is 26.0. The number of hydrogen-bond acceptors (Lipinski definition) is 11. The first-order valence-corrected chi connectivity index (χ1v) is 18.4. The number of benzene rings is 3. The number of halogens is 8. The Balaban J connectivity index is 1.36. The summed E-state index contributed by atoms with van der Waals surface area (Å²) in [6.45, 7) is 0. The van der Waals surface area contributed by atoms with Crippen LogP contribution in [0.15, 0.2) is 101 Å². The monoisotopic (exact) mass is 865 g/mol. The molecule has 5 aromatic rings. The van der Waals surface area contributed by atoms with E-state index in [-0.39, 0.29) is 49.4 Å². The first kappa shape index (κ1) is 41.3. The zero-order valence-corrected chi connectivity index (χ0v) is 30.3. The van der Waals surface area contributed by atoms with Gasteiger partial charge in [0.1, 0.15) is 21.3 Å². The van der Waals surface area contributed by atoms with Gasteiger partial charge in [-0.3, -0.25) is 24.2 Å². The van der Waals surface area contributed by atoms with Crippen LogP contribution >= 0.6 is 23.2 Å². The molecule has 0 aliphatic heterocycles. The van der Waals surface area contributed by atoms with E-state index in [4.69, 9.17) is 33.7 Å². The molecule has 56 heavy (non-hydrogen) atoms. The average Bonchev–Trinajstić information content (AvgIpc) is 3.08. The van der Waals surface area contributed by atoms with Gasteiger partial charge in [-0.2, -0.15) is 0 Å². The van der Waals surface area contributed by atoms with E-state index in [1.54, 1.807) is 0 Å². The number of nitrogens with zero attached hydrogens (tertiary/aromatic N) is 2. The van der Waals surface area contributed by atoms with Crippen molar-refractivity contribution in [3.8, 4) is 28.4 Å². The van der Waals surface area contributed by atoms with Crippen LogP contribution in [0.4, 0.5) is 37.7 Å². The summed E-state index contributed by atoms with van der Waals surface area (Å²) >= 11 is 12.1. The van der Waals surface area contributed by atoms with E-state index < -0.39 is 65.9 Å². The summed E-state index contributed by atoms with van der Waals surface area (Å²) in [6.07, 6.45) is -6.71. The second-order valence-electron chi connectivity index (χ2n) is 10.9. The van der Waals surface area contributed by atoms with Gasteiger partial charge in [-0.25, -0.2) is 21.6 Å². The Morgan fingerprint density at radius 2 is 1.18 bits per heavy atom. The number of hydrogen-bond donors (Lipinski definition) is 3. The molecule has 294 valence electrons. The van der Waals surface area contributed by atoms with Crippen LogP contribution in [0.1, 0.15) is 20.7 Å². The van der Waals surface area contributed by atoms with Crippen LogP contribution in [0.25, 0.3) is 11.1 Å². The molecular formula is C32H19Cl2F6N5O9S2. The third-order valence-corrected chi connectivity index (χ3v) is 10.2. The second kappa shape index (κ2) is 15.7. The lowest BCUT2D eigenvalue weighted by molar-refractivity contribution is -0.276. The highest BCUT2D eigenvalue weighted by atomic mass is 35.5. The summed E-state index contributed by atoms with van der Waals surface area (Å²) < 4.78 is 148. The number of ether oxygens (including phenoxy) is 3. The fraction of sp³-hybridized carbons (Fsp3) is 0.0625. The molecule has 0 aliphatic rings. The van der Waals surface area contributed by atoms with Crippen LogP contribution in [0.2, 0.25) is 10.0 Å². The number of amides is 1. The number of rotatable bonds is 12. The van der Waals surface area contributed by atoms with Gasteiger partial charge in [0.25, 0.3) is 20.0 Å². The molecule has 3 aromatic carbocycles. The molecule has 4 N–H and O–H groups in total. The van der Waals surface area contributed by atoms with E-state index >= 15 is 0 Å². The standard InChI is InChI=1S/C32H19Cl2F6N5O9S2/c33-19-3-6-25(53-31(35,36)37)27(9-19)55(48,49)45-21-8-18(13-43-15-21)30(47)52-22-4-1-16(2-5-22)23-10-26(54-32(38,39)40)28(11-24(23)34)56(50,51)44-20-7-17(29(41)46)12-42-14-20/h1-15,44-45H,(H2,41,46). The lowest BCUT2D eigenvalue weighted by atomic mass is 10.1. The topological polar surface area (TPSA) is 206 Å². The van der Waals surface area contributed by atoms with E-state index in [0.29, 0.717) is 24.3 Å². The van der Waals surface area contributed by atoms with Gasteiger partial charge in [0.15, 0.2) is 5.75 Å². The molecule has 1 amide bonds. The molecule has 0 fully saturated rings. The van der Waals surface area contributed by atoms with Crippen LogP contribution in [-0.4, -0.2) is 51.4 Å². The predicted molar refractivity (Wildman–Crippen MR) is 185 cm³/mol. The molecule has 0 saturated carbocycles. The van der Waals surface area contributed by atoms with Gasteiger partial charge >= 0.3 is 18.7 Å². The number of alkyl halides is 6. The summed E-state index contributed by atoms with van der Waals surface area (Å²) in [5.74, 6) is -4.51. The van der Waals surface area contributed by atoms with Crippen molar-refractivity contribution in [2.75, 3.05) is 9.44 Å². The number of carbonyl (C=O) groups excluding carboxylic acids is 2. The van der Waals surface area contributed by atoms with Crippen molar-refractivity contribution in [1.82, 2.24) is 9.97 Å².